The van der Waals surface area contributed by atoms with Crippen molar-refractivity contribution in [1.29, 1.82) is 1.43 Å². The van der Waals surface area contributed by atoms with Crippen LogP contribution in [0.4, 0.5) is 5.69 Å². The smallest absolute Gasteiger partial charge is 0.320 e. The number of aryl methyl sites for hydroxylation is 1. The second-order valence-electron chi connectivity index (χ2n) is 7.29. The molecule has 1 heterocycles. The number of carboxylic acids is 2. The lowest BCUT2D eigenvalue weighted by Gasteiger charge is -2.05. The quantitative estimate of drug-likeness (QED) is 0.294. The lowest BCUT2D eigenvalue weighted by molar-refractivity contribution is -0.139. The first-order chi connectivity index (χ1) is 16.3. The minimum atomic E-state index is -0.934. The maximum atomic E-state index is 10.4. The molecule has 10 N–H and O–H groups in total. The van der Waals surface area contributed by atoms with E-state index >= 15 is 0 Å². The Hall–Kier alpha value is -3.53. The molecule has 0 spiro atoms. The summed E-state index contributed by atoms with van der Waals surface area (Å²) < 4.78 is 6.21. The minimum Gasteiger partial charge on any atom is -0.480 e. The van der Waals surface area contributed by atoms with Gasteiger partial charge in [0.05, 0.1) is 17.4 Å². The maximum Gasteiger partial charge on any atom is 0.320 e. The van der Waals surface area contributed by atoms with Gasteiger partial charge in [0.2, 0.25) is 0 Å². The summed E-state index contributed by atoms with van der Waals surface area (Å²) in [5.41, 5.74) is 24.2. The Balaban J connectivity index is 0.000000258. The standard InChI is InChI=1S/C10H13NO2.C9H8N2.C5H12N2O2/c11-9(10(12)13)7-6-8-4-2-1-3-5-8;10-8-5-7-3-1-2-4-9(7)11-6-8;6-3-1-2-4(7)5(8)9/h1-5,9H,6-7,11H2,(H,12,13);1-6H,10H2;4H,1-3,6-7H2,(H,8,9)/t9-;;4-/m0.1/s1/i/hD. The predicted molar refractivity (Wildman–Crippen MR) is 130 cm³/mol. The van der Waals surface area contributed by atoms with Crippen LogP contribution < -0.4 is 22.9 Å². The van der Waals surface area contributed by atoms with Crippen LogP contribution in [0.15, 0.2) is 66.9 Å². The lowest BCUT2D eigenvalue weighted by atomic mass is 10.1. The van der Waals surface area contributed by atoms with Crippen LogP contribution in [0.5, 0.6) is 0 Å². The lowest BCUT2D eigenvalue weighted by Crippen LogP contribution is -2.30. The normalized spacial score (nSPS) is 12.2. The maximum absolute atomic E-state index is 10.4. The fourth-order valence-electron chi connectivity index (χ4n) is 2.63. The van der Waals surface area contributed by atoms with E-state index in [0.29, 0.717) is 37.9 Å². The number of benzene rings is 2. The van der Waals surface area contributed by atoms with Crippen molar-refractivity contribution >= 4 is 28.5 Å². The van der Waals surface area contributed by atoms with Crippen molar-refractivity contribution in [3.63, 3.8) is 0 Å². The second-order valence-corrected chi connectivity index (χ2v) is 7.29. The third kappa shape index (κ3) is 11.6. The highest BCUT2D eigenvalue weighted by molar-refractivity contribution is 5.80. The Labute approximate surface area is 194 Å². The largest absolute Gasteiger partial charge is 0.480 e. The Bertz CT molecular complexity index is 1010. The molecule has 178 valence electrons. The predicted octanol–water partition coefficient (Wildman–Crippen LogP) is 1.99. The Kier molecular flexibility index (Phi) is 11.9. The molecule has 2 aromatic carbocycles. The summed E-state index contributed by atoms with van der Waals surface area (Å²) in [5, 5.41) is 13.3. The number of aromatic nitrogens is 1. The topological polar surface area (TPSA) is 192 Å². The van der Waals surface area contributed by atoms with Crippen LogP contribution in [0.1, 0.15) is 24.8 Å². The van der Waals surface area contributed by atoms with Crippen LogP contribution in [-0.2, 0) is 16.0 Å². The number of nitrogen functional groups attached to an aromatic ring is 1. The molecule has 9 nitrogen and oxygen atoms in total. The number of pyridine rings is 1. The van der Waals surface area contributed by atoms with Crippen molar-refractivity contribution < 1.29 is 19.8 Å². The third-order valence-electron chi connectivity index (χ3n) is 4.54. The van der Waals surface area contributed by atoms with Gasteiger partial charge in [0.25, 0.3) is 1.43 Å². The van der Waals surface area contributed by atoms with Crippen LogP contribution in [0.25, 0.3) is 12.3 Å². The monoisotopic (exact) mass is 456 g/mol. The van der Waals surface area contributed by atoms with E-state index in [9.17, 15) is 9.59 Å². The van der Waals surface area contributed by atoms with Gasteiger partial charge in [-0.1, -0.05) is 48.5 Å². The molecule has 0 radical (unpaired) electrons. The van der Waals surface area contributed by atoms with E-state index < -0.39 is 24.0 Å². The molecule has 0 aliphatic carbocycles. The highest BCUT2D eigenvalue weighted by Crippen LogP contribution is 2.12. The van der Waals surface area contributed by atoms with Crippen molar-refractivity contribution in [3.05, 3.63) is 72.4 Å². The average molecular weight is 457 g/mol. The summed E-state index contributed by atoms with van der Waals surface area (Å²) in [6, 6.07) is 18.1. The van der Waals surface area contributed by atoms with Crippen molar-refractivity contribution in [2.75, 3.05) is 12.3 Å². The fraction of sp³-hybridized carbons (Fsp3) is 0.292. The van der Waals surface area contributed by atoms with E-state index in [1.807, 2.05) is 60.7 Å². The van der Waals surface area contributed by atoms with Gasteiger partial charge in [0.15, 0.2) is 0 Å². The molecule has 0 saturated carbocycles. The van der Waals surface area contributed by atoms with Crippen molar-refractivity contribution in [3.8, 4) is 0 Å². The number of aliphatic carboxylic acids is 2. The zero-order valence-corrected chi connectivity index (χ0v) is 18.5. The molecular formula is C24H33N5O4. The van der Waals surface area contributed by atoms with Gasteiger partial charge in [-0.3, -0.25) is 14.6 Å². The second kappa shape index (κ2) is 15.3. The van der Waals surface area contributed by atoms with Gasteiger partial charge in [0, 0.05) is 5.39 Å². The summed E-state index contributed by atoms with van der Waals surface area (Å²) in [6.45, 7) is 0.499. The number of rotatable bonds is 8. The van der Waals surface area contributed by atoms with Crippen LogP contribution in [0, 0.1) is 0 Å². The van der Waals surface area contributed by atoms with E-state index in [-0.39, 0.29) is 0 Å². The van der Waals surface area contributed by atoms with Crippen molar-refractivity contribution in [2.24, 2.45) is 17.2 Å². The molecular weight excluding hydrogens is 422 g/mol. The zero-order chi connectivity index (χ0) is 25.3. The van der Waals surface area contributed by atoms with Crippen molar-refractivity contribution in [2.45, 2.75) is 37.8 Å². The molecule has 3 rings (SSSR count). The fourth-order valence-corrected chi connectivity index (χ4v) is 2.63. The number of para-hydroxylation sites is 1. The first-order valence-corrected chi connectivity index (χ1v) is 10.5. The molecule has 0 amide bonds. The molecule has 0 fully saturated rings. The molecule has 1 aromatic heterocycles. The zero-order valence-electron chi connectivity index (χ0n) is 19.5. The summed E-state index contributed by atoms with van der Waals surface area (Å²) in [6.07, 6.45) is 4.03. The molecule has 0 saturated heterocycles. The molecule has 2 atom stereocenters. The molecule has 0 aliphatic rings. The Morgan fingerprint density at radius 1 is 0.970 bits per heavy atom. The van der Waals surface area contributed by atoms with Gasteiger partial charge >= 0.3 is 11.9 Å². The molecule has 3 aromatic rings. The van der Waals surface area contributed by atoms with Gasteiger partial charge in [0.1, 0.15) is 12.1 Å². The van der Waals surface area contributed by atoms with Gasteiger partial charge in [-0.25, -0.2) is 0 Å². The van der Waals surface area contributed by atoms with Gasteiger partial charge < -0.3 is 33.2 Å². The summed E-state index contributed by atoms with van der Waals surface area (Å²) in [7, 11) is 0. The van der Waals surface area contributed by atoms with Crippen LogP contribution in [-0.4, -0.2) is 45.8 Å². The number of hydrogen-bond donors (Lipinski definition) is 6. The minimum absolute atomic E-state index is 0.480. The SMILES string of the molecule is N[C@@H](CCc1ccccc1)C(=O)O.Nc1cnc2ccccc2c1.[2H]OC(=O)[C@H](N)CCCN. The first kappa shape index (κ1) is 25.7. The van der Waals surface area contributed by atoms with E-state index in [2.05, 4.69) is 10.1 Å². The van der Waals surface area contributed by atoms with E-state index in [4.69, 9.17) is 29.5 Å². The Morgan fingerprint density at radius 2 is 1.61 bits per heavy atom. The number of nitrogens with zero attached hydrogens (tertiary/aromatic N) is 1. The van der Waals surface area contributed by atoms with Gasteiger partial charge in [-0.05, 0) is 49.9 Å². The van der Waals surface area contributed by atoms with E-state index in [1.165, 1.54) is 0 Å². The average Bonchev–Trinajstić information content (AvgIpc) is 2.86. The summed E-state index contributed by atoms with van der Waals surface area (Å²) >= 11 is 0. The highest BCUT2D eigenvalue weighted by atomic mass is 16.4. The van der Waals surface area contributed by atoms with Crippen molar-refractivity contribution in [1.82, 2.24) is 4.98 Å². The number of carbonyl (C=O) groups is 2. The molecule has 33 heavy (non-hydrogen) atoms. The van der Waals surface area contributed by atoms with E-state index in [1.54, 1.807) is 6.20 Å². The van der Waals surface area contributed by atoms with Crippen LogP contribution in [0.2, 0.25) is 0 Å². The van der Waals surface area contributed by atoms with Gasteiger partial charge in [-0.15, -0.1) is 0 Å². The molecule has 0 aliphatic heterocycles. The first-order valence-electron chi connectivity index (χ1n) is 10.9. The number of nitrogens with two attached hydrogens (primary N) is 4. The number of fused-ring (bicyclic) bond motifs is 1. The Morgan fingerprint density at radius 3 is 2.24 bits per heavy atom. The number of hydrogen-bond acceptors (Lipinski definition) is 8. The van der Waals surface area contributed by atoms with Crippen LogP contribution in [0.3, 0.4) is 0 Å². The third-order valence-corrected chi connectivity index (χ3v) is 4.54. The molecule has 0 unspecified atom stereocenters. The summed E-state index contributed by atoms with van der Waals surface area (Å²) in [5.74, 6) is -1.63. The number of carboxylic acid groups (broad SMARTS) is 2. The highest BCUT2D eigenvalue weighted by Gasteiger charge is 2.10. The van der Waals surface area contributed by atoms with E-state index in [0.717, 1.165) is 16.5 Å². The molecule has 9 heteroatoms. The summed E-state index contributed by atoms with van der Waals surface area (Å²) in [4.78, 5) is 25.0. The van der Waals surface area contributed by atoms with Gasteiger partial charge in [-0.2, -0.15) is 0 Å². The number of anilines is 1. The van der Waals surface area contributed by atoms with Crippen LogP contribution >= 0.6 is 0 Å². The molecule has 0 bridgehead atoms.